The number of anilines is 1. The first-order valence-electron chi connectivity index (χ1n) is 9.24. The van der Waals surface area contributed by atoms with Crippen molar-refractivity contribution < 1.29 is 4.79 Å². The normalized spacial score (nSPS) is 17.1. The maximum atomic E-state index is 12.6. The van der Waals surface area contributed by atoms with Crippen LogP contribution in [0.4, 0.5) is 5.13 Å². The Bertz CT molecular complexity index is 888. The van der Waals surface area contributed by atoms with Gasteiger partial charge in [0.15, 0.2) is 0 Å². The van der Waals surface area contributed by atoms with Gasteiger partial charge in [0.1, 0.15) is 0 Å². The molecule has 140 valence electrons. The standard InChI is InChI=1S/C20H23N5OS/c1-15-6-8-16(9-7-15)13-21-18(26)17-5-4-12-25(14-17)20-23-22-19(27-20)24-10-2-3-11-24/h2-3,6-11,17H,4-5,12-14H2,1H3,(H,21,26). The summed E-state index contributed by atoms with van der Waals surface area (Å²) in [5, 5.41) is 13.4. The van der Waals surface area contributed by atoms with Crippen LogP contribution in [0.2, 0.25) is 0 Å². The van der Waals surface area contributed by atoms with Crippen molar-refractivity contribution in [1.29, 1.82) is 0 Å². The van der Waals surface area contributed by atoms with Gasteiger partial charge in [0.2, 0.25) is 16.2 Å². The first-order chi connectivity index (χ1) is 13.2. The van der Waals surface area contributed by atoms with Crippen molar-refractivity contribution in [3.05, 3.63) is 59.9 Å². The molecule has 3 aromatic rings. The van der Waals surface area contributed by atoms with Crippen LogP contribution >= 0.6 is 11.3 Å². The maximum Gasteiger partial charge on any atom is 0.225 e. The molecule has 1 amide bonds. The summed E-state index contributed by atoms with van der Waals surface area (Å²) in [6.07, 6.45) is 5.82. The van der Waals surface area contributed by atoms with Crippen LogP contribution in [0.1, 0.15) is 24.0 Å². The van der Waals surface area contributed by atoms with Crippen LogP contribution in [0.15, 0.2) is 48.8 Å². The zero-order valence-electron chi connectivity index (χ0n) is 15.3. The van der Waals surface area contributed by atoms with Gasteiger partial charge in [-0.15, -0.1) is 10.2 Å². The predicted molar refractivity (Wildman–Crippen MR) is 107 cm³/mol. The van der Waals surface area contributed by atoms with Gasteiger partial charge in [0.25, 0.3) is 0 Å². The minimum Gasteiger partial charge on any atom is -0.352 e. The molecule has 7 heteroatoms. The third kappa shape index (κ3) is 4.19. The third-order valence-corrected chi connectivity index (χ3v) is 5.88. The van der Waals surface area contributed by atoms with Gasteiger partial charge < -0.3 is 10.2 Å². The smallest absolute Gasteiger partial charge is 0.225 e. The van der Waals surface area contributed by atoms with Crippen molar-refractivity contribution in [3.63, 3.8) is 0 Å². The Morgan fingerprint density at radius 2 is 1.93 bits per heavy atom. The van der Waals surface area contributed by atoms with Crippen LogP contribution in [0.3, 0.4) is 0 Å². The van der Waals surface area contributed by atoms with Crippen LogP contribution in [-0.4, -0.2) is 33.8 Å². The number of hydrogen-bond acceptors (Lipinski definition) is 5. The van der Waals surface area contributed by atoms with Gasteiger partial charge in [0, 0.05) is 32.0 Å². The van der Waals surface area contributed by atoms with E-state index in [0.29, 0.717) is 13.1 Å². The summed E-state index contributed by atoms with van der Waals surface area (Å²) in [4.78, 5) is 14.8. The monoisotopic (exact) mass is 381 g/mol. The maximum absolute atomic E-state index is 12.6. The number of nitrogens with zero attached hydrogens (tertiary/aromatic N) is 4. The Morgan fingerprint density at radius 1 is 1.19 bits per heavy atom. The Balaban J connectivity index is 1.36. The summed E-state index contributed by atoms with van der Waals surface area (Å²) in [7, 11) is 0. The second kappa shape index (κ2) is 7.92. The summed E-state index contributed by atoms with van der Waals surface area (Å²) in [5.41, 5.74) is 2.35. The molecular weight excluding hydrogens is 358 g/mol. The van der Waals surface area contributed by atoms with Crippen LogP contribution < -0.4 is 10.2 Å². The molecule has 1 atom stereocenters. The van der Waals surface area contributed by atoms with Crippen molar-refractivity contribution in [2.24, 2.45) is 5.92 Å². The van der Waals surface area contributed by atoms with E-state index in [1.165, 1.54) is 5.56 Å². The van der Waals surface area contributed by atoms with Crippen LogP contribution in [0, 0.1) is 12.8 Å². The largest absolute Gasteiger partial charge is 0.352 e. The van der Waals surface area contributed by atoms with Gasteiger partial charge in [0.05, 0.1) is 5.92 Å². The average molecular weight is 382 g/mol. The lowest BCUT2D eigenvalue weighted by Gasteiger charge is -2.31. The number of amides is 1. The first kappa shape index (κ1) is 17.7. The number of hydrogen-bond donors (Lipinski definition) is 1. The molecule has 1 aliphatic heterocycles. The van der Waals surface area contributed by atoms with Gasteiger partial charge in [-0.3, -0.25) is 9.36 Å². The SMILES string of the molecule is Cc1ccc(CNC(=O)C2CCCN(c3nnc(-n4cccc4)s3)C2)cc1. The van der Waals surface area contributed by atoms with Crippen molar-refractivity contribution in [2.45, 2.75) is 26.3 Å². The van der Waals surface area contributed by atoms with Crippen molar-refractivity contribution in [3.8, 4) is 5.13 Å². The van der Waals surface area contributed by atoms with Gasteiger partial charge in [-0.05, 0) is 37.5 Å². The van der Waals surface area contributed by atoms with E-state index >= 15 is 0 Å². The van der Waals surface area contributed by atoms with Crippen LogP contribution in [0.5, 0.6) is 0 Å². The zero-order valence-corrected chi connectivity index (χ0v) is 16.2. The fraction of sp³-hybridized carbons (Fsp3) is 0.350. The Hall–Kier alpha value is -2.67. The summed E-state index contributed by atoms with van der Waals surface area (Å²) >= 11 is 1.56. The molecule has 1 unspecified atom stereocenters. The summed E-state index contributed by atoms with van der Waals surface area (Å²) in [5.74, 6) is 0.110. The van der Waals surface area contributed by atoms with E-state index in [1.807, 2.05) is 29.1 Å². The Kier molecular flexibility index (Phi) is 5.20. The molecule has 0 spiro atoms. The van der Waals surface area contributed by atoms with E-state index in [9.17, 15) is 4.79 Å². The van der Waals surface area contributed by atoms with Crippen molar-refractivity contribution in [1.82, 2.24) is 20.1 Å². The molecule has 1 aliphatic rings. The molecule has 0 aliphatic carbocycles. The quantitative estimate of drug-likeness (QED) is 0.737. The lowest BCUT2D eigenvalue weighted by molar-refractivity contribution is -0.125. The van der Waals surface area contributed by atoms with E-state index in [1.54, 1.807) is 11.3 Å². The van der Waals surface area contributed by atoms with Crippen LogP contribution in [-0.2, 0) is 11.3 Å². The van der Waals surface area contributed by atoms with Gasteiger partial charge >= 0.3 is 0 Å². The molecular formula is C20H23N5OS. The number of carbonyl (C=O) groups is 1. The Morgan fingerprint density at radius 3 is 2.70 bits per heavy atom. The minimum atomic E-state index is -0.0110. The lowest BCUT2D eigenvalue weighted by atomic mass is 9.97. The molecule has 2 aromatic heterocycles. The highest BCUT2D eigenvalue weighted by atomic mass is 32.1. The number of aryl methyl sites for hydroxylation is 1. The van der Waals surface area contributed by atoms with E-state index in [2.05, 4.69) is 51.6 Å². The fourth-order valence-electron chi connectivity index (χ4n) is 3.31. The van der Waals surface area contributed by atoms with Gasteiger partial charge in [-0.2, -0.15) is 0 Å². The third-order valence-electron chi connectivity index (χ3n) is 4.88. The highest BCUT2D eigenvalue weighted by molar-refractivity contribution is 7.17. The van der Waals surface area contributed by atoms with E-state index in [0.717, 1.165) is 35.2 Å². The number of piperidine rings is 1. The molecule has 1 N–H and O–H groups in total. The number of aromatic nitrogens is 3. The Labute approximate surface area is 162 Å². The highest BCUT2D eigenvalue weighted by Crippen LogP contribution is 2.28. The van der Waals surface area contributed by atoms with Crippen molar-refractivity contribution >= 4 is 22.4 Å². The molecule has 1 saturated heterocycles. The lowest BCUT2D eigenvalue weighted by Crippen LogP contribution is -2.43. The van der Waals surface area contributed by atoms with E-state index in [-0.39, 0.29) is 11.8 Å². The number of rotatable bonds is 5. The molecule has 4 rings (SSSR count). The zero-order chi connectivity index (χ0) is 18.6. The molecule has 6 nitrogen and oxygen atoms in total. The van der Waals surface area contributed by atoms with Crippen molar-refractivity contribution in [2.75, 3.05) is 18.0 Å². The molecule has 3 heterocycles. The summed E-state index contributed by atoms with van der Waals surface area (Å²) < 4.78 is 1.96. The molecule has 1 aromatic carbocycles. The number of carbonyl (C=O) groups excluding carboxylic acids is 1. The average Bonchev–Trinajstić information content (AvgIpc) is 3.39. The fourth-order valence-corrected chi connectivity index (χ4v) is 4.16. The first-order valence-corrected chi connectivity index (χ1v) is 10.1. The second-order valence-electron chi connectivity index (χ2n) is 6.95. The number of benzene rings is 1. The van der Waals surface area contributed by atoms with Gasteiger partial charge in [-0.25, -0.2) is 0 Å². The van der Waals surface area contributed by atoms with Gasteiger partial charge in [-0.1, -0.05) is 41.2 Å². The molecule has 27 heavy (non-hydrogen) atoms. The molecule has 0 bridgehead atoms. The van der Waals surface area contributed by atoms with E-state index < -0.39 is 0 Å². The molecule has 0 saturated carbocycles. The summed E-state index contributed by atoms with van der Waals surface area (Å²) in [6, 6.07) is 12.2. The second-order valence-corrected chi connectivity index (χ2v) is 7.88. The van der Waals surface area contributed by atoms with E-state index in [4.69, 9.17) is 0 Å². The number of nitrogens with one attached hydrogen (secondary N) is 1. The summed E-state index contributed by atoms with van der Waals surface area (Å²) in [6.45, 7) is 4.25. The predicted octanol–water partition coefficient (Wildman–Crippen LogP) is 3.17. The van der Waals surface area contributed by atoms with Crippen LogP contribution in [0.25, 0.3) is 5.13 Å². The molecule has 0 radical (unpaired) electrons. The molecule has 1 fully saturated rings. The minimum absolute atomic E-state index is 0.0110. The highest BCUT2D eigenvalue weighted by Gasteiger charge is 2.27. The topological polar surface area (TPSA) is 63.1 Å².